The van der Waals surface area contributed by atoms with Crippen LogP contribution in [0, 0.1) is 17.1 Å². The Bertz CT molecular complexity index is 885. The maximum absolute atomic E-state index is 13.2. The maximum Gasteiger partial charge on any atom is 0.413 e. The number of carbonyl (C=O) groups is 1. The first-order valence-corrected chi connectivity index (χ1v) is 8.09. The number of halogens is 1. The number of anilines is 1. The number of carbonyl (C=O) groups excluding carboxylic acids is 1. The predicted octanol–water partition coefficient (Wildman–Crippen LogP) is 4.01. The molecule has 8 heteroatoms. The number of hydrogen-bond donors (Lipinski definition) is 1. The molecule has 1 amide bonds. The Morgan fingerprint density at radius 1 is 1.30 bits per heavy atom. The number of hydrogen-bond acceptors (Lipinski definition) is 6. The SMILES string of the molecule is CC(C)(C)OC(=O)Nc1cccc(CO/N=C(\C#N)c2cccc(F)c2)n1. The Labute approximate surface area is 156 Å². The molecule has 1 aromatic heterocycles. The third-order valence-electron chi connectivity index (χ3n) is 3.01. The van der Waals surface area contributed by atoms with Gasteiger partial charge in [0.1, 0.15) is 23.3 Å². The van der Waals surface area contributed by atoms with Crippen LogP contribution in [0.2, 0.25) is 0 Å². The minimum atomic E-state index is -0.621. The summed E-state index contributed by atoms with van der Waals surface area (Å²) in [4.78, 5) is 21.1. The summed E-state index contributed by atoms with van der Waals surface area (Å²) in [6.45, 7) is 5.24. The number of ether oxygens (including phenoxy) is 1. The fourth-order valence-electron chi connectivity index (χ4n) is 1.97. The number of benzene rings is 1. The predicted molar refractivity (Wildman–Crippen MR) is 97.4 cm³/mol. The monoisotopic (exact) mass is 370 g/mol. The Kier molecular flexibility index (Phi) is 6.44. The summed E-state index contributed by atoms with van der Waals surface area (Å²) < 4.78 is 18.4. The lowest BCUT2D eigenvalue weighted by atomic mass is 10.1. The molecule has 27 heavy (non-hydrogen) atoms. The fraction of sp³-hybridized carbons (Fsp3) is 0.263. The van der Waals surface area contributed by atoms with Crippen molar-refractivity contribution < 1.29 is 18.8 Å². The van der Waals surface area contributed by atoms with Crippen LogP contribution in [0.1, 0.15) is 32.0 Å². The number of amides is 1. The van der Waals surface area contributed by atoms with Gasteiger partial charge in [0.2, 0.25) is 0 Å². The number of oxime groups is 1. The summed E-state index contributed by atoms with van der Waals surface area (Å²) >= 11 is 0. The van der Waals surface area contributed by atoms with E-state index in [1.807, 2.05) is 6.07 Å². The van der Waals surface area contributed by atoms with E-state index in [0.29, 0.717) is 17.1 Å². The zero-order valence-corrected chi connectivity index (χ0v) is 15.2. The summed E-state index contributed by atoms with van der Waals surface area (Å²) in [6.07, 6.45) is -0.621. The van der Waals surface area contributed by atoms with Gasteiger partial charge in [-0.25, -0.2) is 14.2 Å². The molecule has 0 aliphatic heterocycles. The molecule has 0 fully saturated rings. The Hall–Kier alpha value is -3.47. The zero-order chi connectivity index (χ0) is 19.9. The minimum absolute atomic E-state index is 0.0374. The van der Waals surface area contributed by atoms with E-state index in [0.717, 1.165) is 0 Å². The first-order valence-electron chi connectivity index (χ1n) is 8.09. The number of nitrogens with one attached hydrogen (secondary N) is 1. The third-order valence-corrected chi connectivity index (χ3v) is 3.01. The van der Waals surface area contributed by atoms with Crippen LogP contribution in [0.25, 0.3) is 0 Å². The summed E-state index contributed by atoms with van der Waals surface area (Å²) in [7, 11) is 0. The average Bonchev–Trinajstić information content (AvgIpc) is 2.57. The molecule has 1 heterocycles. The summed E-state index contributed by atoms with van der Waals surface area (Å²) in [5.41, 5.74) is 0.108. The molecule has 2 aromatic rings. The standard InChI is InChI=1S/C19H19FN4O3/c1-19(2,3)27-18(25)23-17-9-5-8-15(22-17)12-26-24-16(11-21)13-6-4-7-14(20)10-13/h4-10H,12H2,1-3H3,(H,22,23,25)/b24-16+. The fourth-order valence-corrected chi connectivity index (χ4v) is 1.97. The van der Waals surface area contributed by atoms with Gasteiger partial charge in [-0.2, -0.15) is 5.26 Å². The molecular formula is C19H19FN4O3. The van der Waals surface area contributed by atoms with Crippen molar-refractivity contribution in [2.24, 2.45) is 5.16 Å². The molecule has 140 valence electrons. The van der Waals surface area contributed by atoms with Gasteiger partial charge in [0.25, 0.3) is 0 Å². The highest BCUT2D eigenvalue weighted by atomic mass is 19.1. The molecule has 0 unspecified atom stereocenters. The van der Waals surface area contributed by atoms with E-state index >= 15 is 0 Å². The van der Waals surface area contributed by atoms with E-state index in [-0.39, 0.29) is 12.3 Å². The molecule has 2 rings (SSSR count). The van der Waals surface area contributed by atoms with Crippen LogP contribution in [0.4, 0.5) is 15.0 Å². The molecule has 1 N–H and O–H groups in total. The van der Waals surface area contributed by atoms with Crippen LogP contribution in [0.15, 0.2) is 47.6 Å². The van der Waals surface area contributed by atoms with Gasteiger partial charge in [-0.1, -0.05) is 23.4 Å². The second kappa shape index (κ2) is 8.76. The molecule has 7 nitrogen and oxygen atoms in total. The summed E-state index contributed by atoms with van der Waals surface area (Å²) in [6, 6.07) is 12.3. The Balaban J connectivity index is 2.00. The molecule has 0 saturated heterocycles. The molecule has 0 bridgehead atoms. The van der Waals surface area contributed by atoms with Gasteiger partial charge in [-0.15, -0.1) is 0 Å². The molecule has 0 radical (unpaired) electrons. The van der Waals surface area contributed by atoms with Crippen LogP contribution in [-0.2, 0) is 16.2 Å². The molecule has 0 aliphatic carbocycles. The lowest BCUT2D eigenvalue weighted by Crippen LogP contribution is -2.27. The topological polar surface area (TPSA) is 96.6 Å². The summed E-state index contributed by atoms with van der Waals surface area (Å²) in [5.74, 6) is -0.182. The molecule has 0 aliphatic rings. The minimum Gasteiger partial charge on any atom is -0.444 e. The van der Waals surface area contributed by atoms with E-state index in [9.17, 15) is 9.18 Å². The van der Waals surface area contributed by atoms with Crippen LogP contribution in [-0.4, -0.2) is 22.4 Å². The maximum atomic E-state index is 13.2. The second-order valence-corrected chi connectivity index (χ2v) is 6.48. The summed E-state index contributed by atoms with van der Waals surface area (Å²) in [5, 5.41) is 15.4. The van der Waals surface area contributed by atoms with E-state index < -0.39 is 17.5 Å². The number of nitrogens with zero attached hydrogens (tertiary/aromatic N) is 3. The molecule has 0 saturated carbocycles. The smallest absolute Gasteiger partial charge is 0.413 e. The molecule has 0 spiro atoms. The van der Waals surface area contributed by atoms with Crippen LogP contribution in [0.5, 0.6) is 0 Å². The lowest BCUT2D eigenvalue weighted by molar-refractivity contribution is 0.0635. The van der Waals surface area contributed by atoms with Crippen molar-refractivity contribution in [3.8, 4) is 6.07 Å². The van der Waals surface area contributed by atoms with Gasteiger partial charge < -0.3 is 9.57 Å². The van der Waals surface area contributed by atoms with Crippen molar-refractivity contribution in [2.45, 2.75) is 33.0 Å². The van der Waals surface area contributed by atoms with Crippen molar-refractivity contribution in [1.29, 1.82) is 5.26 Å². The number of nitriles is 1. The first-order chi connectivity index (χ1) is 12.8. The highest BCUT2D eigenvalue weighted by molar-refractivity contribution is 6.11. The van der Waals surface area contributed by atoms with Crippen LogP contribution < -0.4 is 5.32 Å². The van der Waals surface area contributed by atoms with Gasteiger partial charge in [0.05, 0.1) is 5.69 Å². The van der Waals surface area contributed by atoms with Gasteiger partial charge in [-0.05, 0) is 45.0 Å². The van der Waals surface area contributed by atoms with Gasteiger partial charge in [0.15, 0.2) is 12.3 Å². The zero-order valence-electron chi connectivity index (χ0n) is 15.2. The van der Waals surface area contributed by atoms with Crippen molar-refractivity contribution >= 4 is 17.6 Å². The third kappa shape index (κ3) is 6.74. The van der Waals surface area contributed by atoms with Crippen LogP contribution >= 0.6 is 0 Å². The van der Waals surface area contributed by atoms with Crippen molar-refractivity contribution in [3.63, 3.8) is 0 Å². The molecular weight excluding hydrogens is 351 g/mol. The van der Waals surface area contributed by atoms with Crippen molar-refractivity contribution in [1.82, 2.24) is 4.98 Å². The highest BCUT2D eigenvalue weighted by Crippen LogP contribution is 2.11. The van der Waals surface area contributed by atoms with Gasteiger partial charge >= 0.3 is 6.09 Å². The van der Waals surface area contributed by atoms with Gasteiger partial charge in [-0.3, -0.25) is 5.32 Å². The van der Waals surface area contributed by atoms with E-state index in [2.05, 4.69) is 15.5 Å². The van der Waals surface area contributed by atoms with Crippen molar-refractivity contribution in [2.75, 3.05) is 5.32 Å². The average molecular weight is 370 g/mol. The number of pyridine rings is 1. The lowest BCUT2D eigenvalue weighted by Gasteiger charge is -2.19. The normalized spacial score (nSPS) is 11.4. The van der Waals surface area contributed by atoms with Crippen molar-refractivity contribution in [3.05, 3.63) is 59.5 Å². The van der Waals surface area contributed by atoms with Crippen LogP contribution in [0.3, 0.4) is 0 Å². The van der Waals surface area contributed by atoms with Gasteiger partial charge in [0, 0.05) is 5.56 Å². The first kappa shape index (κ1) is 19.8. The molecule has 0 atom stereocenters. The molecule has 1 aromatic carbocycles. The Morgan fingerprint density at radius 2 is 2.04 bits per heavy atom. The number of rotatable bonds is 5. The quantitative estimate of drug-likeness (QED) is 0.633. The highest BCUT2D eigenvalue weighted by Gasteiger charge is 2.16. The number of aromatic nitrogens is 1. The van der Waals surface area contributed by atoms with E-state index in [1.165, 1.54) is 18.2 Å². The van der Waals surface area contributed by atoms with E-state index in [1.54, 1.807) is 45.0 Å². The largest absolute Gasteiger partial charge is 0.444 e. The Morgan fingerprint density at radius 3 is 2.70 bits per heavy atom. The second-order valence-electron chi connectivity index (χ2n) is 6.48. The van der Waals surface area contributed by atoms with E-state index in [4.69, 9.17) is 14.8 Å².